The lowest BCUT2D eigenvalue weighted by Gasteiger charge is -2.17. The van der Waals surface area contributed by atoms with Crippen molar-refractivity contribution in [1.29, 1.82) is 0 Å². The summed E-state index contributed by atoms with van der Waals surface area (Å²) in [4.78, 5) is 20.3. The lowest BCUT2D eigenvalue weighted by atomic mass is 9.89. The highest BCUT2D eigenvalue weighted by Crippen LogP contribution is 2.44. The number of amides is 1. The summed E-state index contributed by atoms with van der Waals surface area (Å²) in [5.74, 6) is 3.16. The number of fused-ring (bicyclic) bond motifs is 5. The van der Waals surface area contributed by atoms with Crippen LogP contribution in [0.4, 0.5) is 5.69 Å². The fourth-order valence-corrected chi connectivity index (χ4v) is 6.67. The number of hydrogen-bond acceptors (Lipinski definition) is 7. The van der Waals surface area contributed by atoms with E-state index < -0.39 is 0 Å². The molecule has 3 heterocycles. The average Bonchev–Trinajstić information content (AvgIpc) is 3.48. The van der Waals surface area contributed by atoms with Crippen molar-refractivity contribution in [2.45, 2.75) is 50.1 Å². The van der Waals surface area contributed by atoms with Gasteiger partial charge < -0.3 is 10.1 Å². The third kappa shape index (κ3) is 3.87. The first kappa shape index (κ1) is 20.9. The second-order valence-corrected chi connectivity index (χ2v) is 11.0. The first-order valence-corrected chi connectivity index (χ1v) is 13.2. The van der Waals surface area contributed by atoms with E-state index in [2.05, 4.69) is 26.8 Å². The Bertz CT molecular complexity index is 1360. The van der Waals surface area contributed by atoms with Crippen LogP contribution in [0.25, 0.3) is 15.9 Å². The molecule has 9 heteroatoms. The summed E-state index contributed by atoms with van der Waals surface area (Å²) in [5, 5.41) is 14.0. The molecule has 1 saturated carbocycles. The predicted molar refractivity (Wildman–Crippen MR) is 132 cm³/mol. The van der Waals surface area contributed by atoms with Crippen molar-refractivity contribution in [2.75, 3.05) is 18.2 Å². The highest BCUT2D eigenvalue weighted by Gasteiger charge is 2.32. The number of benzene rings is 1. The lowest BCUT2D eigenvalue weighted by molar-refractivity contribution is -0.113. The molecular weight excluding hydrogens is 454 g/mol. The monoisotopic (exact) mass is 479 g/mol. The third-order valence-electron chi connectivity index (χ3n) is 6.44. The third-order valence-corrected chi connectivity index (χ3v) is 8.52. The van der Waals surface area contributed by atoms with E-state index in [1.807, 2.05) is 35.6 Å². The number of methoxy groups -OCH3 is 1. The van der Waals surface area contributed by atoms with E-state index in [9.17, 15) is 4.79 Å². The van der Waals surface area contributed by atoms with E-state index in [0.29, 0.717) is 5.92 Å². The first-order valence-electron chi connectivity index (χ1n) is 11.4. The van der Waals surface area contributed by atoms with Crippen LogP contribution in [0.15, 0.2) is 29.4 Å². The van der Waals surface area contributed by atoms with Gasteiger partial charge in [0, 0.05) is 16.5 Å². The first-order chi connectivity index (χ1) is 16.1. The molecule has 2 aliphatic rings. The van der Waals surface area contributed by atoms with Gasteiger partial charge in [-0.2, -0.15) is 0 Å². The van der Waals surface area contributed by atoms with Gasteiger partial charge in [0.25, 0.3) is 0 Å². The molecular formula is C24H25N5O2S2. The molecule has 0 aliphatic heterocycles. The SMILES string of the molecule is COc1ccc(NC(=O)CSc2nnc3c4c5c(sc4nc(C4CC4)n23)C[C@@H](C)CC5)cc1. The van der Waals surface area contributed by atoms with Crippen molar-refractivity contribution in [3.05, 3.63) is 40.5 Å². The Morgan fingerprint density at radius 1 is 1.24 bits per heavy atom. The lowest BCUT2D eigenvalue weighted by Crippen LogP contribution is -2.14. The Morgan fingerprint density at radius 3 is 2.82 bits per heavy atom. The van der Waals surface area contributed by atoms with Crippen LogP contribution in [0.2, 0.25) is 0 Å². The maximum Gasteiger partial charge on any atom is 0.234 e. The second-order valence-electron chi connectivity index (χ2n) is 8.98. The molecule has 3 aromatic heterocycles. The largest absolute Gasteiger partial charge is 0.497 e. The van der Waals surface area contributed by atoms with Crippen molar-refractivity contribution < 1.29 is 9.53 Å². The van der Waals surface area contributed by atoms with Crippen LogP contribution in [-0.4, -0.2) is 38.4 Å². The summed E-state index contributed by atoms with van der Waals surface area (Å²) >= 11 is 3.25. The summed E-state index contributed by atoms with van der Waals surface area (Å²) in [6.45, 7) is 2.33. The van der Waals surface area contributed by atoms with Crippen molar-refractivity contribution in [2.24, 2.45) is 5.92 Å². The Labute approximate surface area is 200 Å². The molecule has 0 saturated heterocycles. The molecule has 33 heavy (non-hydrogen) atoms. The van der Waals surface area contributed by atoms with Gasteiger partial charge in [-0.05, 0) is 67.9 Å². The van der Waals surface area contributed by atoms with Crippen molar-refractivity contribution in [3.63, 3.8) is 0 Å². The average molecular weight is 480 g/mol. The number of carbonyl (C=O) groups excluding carboxylic acids is 1. The zero-order valence-electron chi connectivity index (χ0n) is 18.6. The maximum atomic E-state index is 12.6. The fraction of sp³-hybridized carbons (Fsp3) is 0.417. The van der Waals surface area contributed by atoms with Crippen LogP contribution in [0.3, 0.4) is 0 Å². The number of anilines is 1. The highest BCUT2D eigenvalue weighted by atomic mass is 32.2. The van der Waals surface area contributed by atoms with E-state index in [-0.39, 0.29) is 11.7 Å². The van der Waals surface area contributed by atoms with Crippen LogP contribution in [-0.2, 0) is 17.6 Å². The molecule has 4 aromatic rings. The number of carbonyl (C=O) groups is 1. The maximum absolute atomic E-state index is 12.6. The van der Waals surface area contributed by atoms with Gasteiger partial charge in [-0.15, -0.1) is 21.5 Å². The summed E-state index contributed by atoms with van der Waals surface area (Å²) in [6.07, 6.45) is 5.71. The zero-order chi connectivity index (χ0) is 22.5. The molecule has 0 spiro atoms. The van der Waals surface area contributed by atoms with Gasteiger partial charge in [-0.25, -0.2) is 4.98 Å². The summed E-state index contributed by atoms with van der Waals surface area (Å²) < 4.78 is 7.29. The second kappa shape index (κ2) is 8.29. The molecule has 170 valence electrons. The van der Waals surface area contributed by atoms with Crippen molar-refractivity contribution >= 4 is 50.6 Å². The van der Waals surface area contributed by atoms with Gasteiger partial charge in [-0.3, -0.25) is 9.20 Å². The molecule has 1 atom stereocenters. The molecule has 7 nitrogen and oxygen atoms in total. The molecule has 0 bridgehead atoms. The van der Waals surface area contributed by atoms with Crippen LogP contribution >= 0.6 is 23.1 Å². The number of hydrogen-bond donors (Lipinski definition) is 1. The number of nitrogens with zero attached hydrogens (tertiary/aromatic N) is 4. The smallest absolute Gasteiger partial charge is 0.234 e. The quantitative estimate of drug-likeness (QED) is 0.389. The normalized spacial score (nSPS) is 17.9. The summed E-state index contributed by atoms with van der Waals surface area (Å²) in [6, 6.07) is 7.33. The number of ether oxygens (including phenoxy) is 1. The molecule has 1 fully saturated rings. The van der Waals surface area contributed by atoms with Crippen LogP contribution in [0.5, 0.6) is 5.75 Å². The molecule has 0 unspecified atom stereocenters. The highest BCUT2D eigenvalue weighted by molar-refractivity contribution is 7.99. The zero-order valence-corrected chi connectivity index (χ0v) is 20.3. The number of nitrogens with one attached hydrogen (secondary N) is 1. The van der Waals surface area contributed by atoms with Gasteiger partial charge in [0.1, 0.15) is 16.4 Å². The Morgan fingerprint density at radius 2 is 2.06 bits per heavy atom. The molecule has 0 radical (unpaired) electrons. The van der Waals surface area contributed by atoms with E-state index in [4.69, 9.17) is 9.72 Å². The molecule has 6 rings (SSSR count). The molecule has 2 aliphatic carbocycles. The standard InChI is InChI=1S/C24H25N5O2S2/c1-13-3-10-17-18(11-13)33-23-20(17)22-27-28-24(29(22)21(26-23)14-4-5-14)32-12-19(30)25-15-6-8-16(31-2)9-7-15/h6-9,13-14H,3-5,10-12H2,1-2H3,(H,25,30)/t13-/m0/s1. The van der Waals surface area contributed by atoms with E-state index in [1.165, 1.54) is 34.0 Å². The van der Waals surface area contributed by atoms with E-state index in [0.717, 1.165) is 64.5 Å². The number of thioether (sulfide) groups is 1. The molecule has 1 N–H and O–H groups in total. The number of aromatic nitrogens is 4. The molecule has 1 amide bonds. The minimum atomic E-state index is -0.0779. The van der Waals surface area contributed by atoms with Gasteiger partial charge in [-0.1, -0.05) is 18.7 Å². The van der Waals surface area contributed by atoms with Gasteiger partial charge in [0.2, 0.25) is 5.91 Å². The minimum Gasteiger partial charge on any atom is -0.497 e. The summed E-state index contributed by atoms with van der Waals surface area (Å²) in [5.41, 5.74) is 3.06. The van der Waals surface area contributed by atoms with E-state index in [1.54, 1.807) is 7.11 Å². The van der Waals surface area contributed by atoms with Crippen molar-refractivity contribution in [3.8, 4) is 5.75 Å². The van der Waals surface area contributed by atoms with Crippen LogP contribution in [0.1, 0.15) is 48.4 Å². The number of aryl methyl sites for hydroxylation is 1. The Hall–Kier alpha value is -2.65. The predicted octanol–water partition coefficient (Wildman–Crippen LogP) is 5.08. The van der Waals surface area contributed by atoms with Gasteiger partial charge in [0.15, 0.2) is 10.8 Å². The Balaban J connectivity index is 1.30. The Kier molecular flexibility index (Phi) is 5.25. The van der Waals surface area contributed by atoms with Gasteiger partial charge in [0.05, 0.1) is 18.2 Å². The number of rotatable bonds is 6. The molecule has 1 aromatic carbocycles. The van der Waals surface area contributed by atoms with Crippen LogP contribution in [0, 0.1) is 5.92 Å². The van der Waals surface area contributed by atoms with Gasteiger partial charge >= 0.3 is 0 Å². The minimum absolute atomic E-state index is 0.0779. The van der Waals surface area contributed by atoms with Crippen LogP contribution < -0.4 is 10.1 Å². The summed E-state index contributed by atoms with van der Waals surface area (Å²) in [7, 11) is 1.62. The van der Waals surface area contributed by atoms with Crippen molar-refractivity contribution in [1.82, 2.24) is 19.6 Å². The number of thiophene rings is 1. The topological polar surface area (TPSA) is 81.4 Å². The fourth-order valence-electron chi connectivity index (χ4n) is 4.55. The van der Waals surface area contributed by atoms with E-state index >= 15 is 0 Å².